The number of hydrogen-bond acceptors (Lipinski definition) is 3. The molecule has 3 nitrogen and oxygen atoms in total. The first-order valence-electron chi connectivity index (χ1n) is 3.31. The minimum Gasteiger partial charge on any atom is -0.136 e. The third-order valence-electron chi connectivity index (χ3n) is 1.04. The van der Waals surface area contributed by atoms with E-state index in [4.69, 9.17) is 5.26 Å². The molecule has 0 spiro atoms. The SMILES string of the molecule is CCCCCO[P+](=O)C#N. The van der Waals surface area contributed by atoms with Crippen molar-refractivity contribution in [2.45, 2.75) is 26.2 Å². The fraction of sp³-hybridized carbons (Fsp3) is 0.833. The van der Waals surface area contributed by atoms with Crippen molar-refractivity contribution in [2.75, 3.05) is 6.61 Å². The maximum absolute atomic E-state index is 10.3. The molecule has 0 aliphatic heterocycles. The number of nitrogens with zero attached hydrogens (tertiary/aromatic N) is 1. The molecule has 0 radical (unpaired) electrons. The Morgan fingerprint density at radius 3 is 2.80 bits per heavy atom. The Hall–Kier alpha value is -0.450. The van der Waals surface area contributed by atoms with Gasteiger partial charge in [0.05, 0.1) is 0 Å². The van der Waals surface area contributed by atoms with E-state index in [0.717, 1.165) is 19.3 Å². The van der Waals surface area contributed by atoms with Crippen molar-refractivity contribution in [3.63, 3.8) is 0 Å². The predicted molar refractivity (Wildman–Crippen MR) is 38.7 cm³/mol. The maximum Gasteiger partial charge on any atom is 0.631 e. The molecule has 0 aromatic heterocycles. The molecule has 0 N–H and O–H groups in total. The van der Waals surface area contributed by atoms with Crippen molar-refractivity contribution in [1.29, 1.82) is 5.26 Å². The topological polar surface area (TPSA) is 50.1 Å². The van der Waals surface area contributed by atoms with Gasteiger partial charge in [0.25, 0.3) is 0 Å². The first kappa shape index (κ1) is 9.55. The molecule has 1 unspecified atom stereocenters. The van der Waals surface area contributed by atoms with Gasteiger partial charge >= 0.3 is 13.8 Å². The van der Waals surface area contributed by atoms with Crippen LogP contribution in [-0.2, 0) is 9.09 Å². The minimum atomic E-state index is -2.04. The molecule has 0 fully saturated rings. The van der Waals surface area contributed by atoms with Gasteiger partial charge in [-0.3, -0.25) is 0 Å². The van der Waals surface area contributed by atoms with Crippen LogP contribution in [-0.4, -0.2) is 6.61 Å². The van der Waals surface area contributed by atoms with E-state index in [1.165, 1.54) is 5.81 Å². The van der Waals surface area contributed by atoms with Crippen LogP contribution in [0.4, 0.5) is 0 Å². The quantitative estimate of drug-likeness (QED) is 0.458. The number of rotatable bonds is 5. The number of unbranched alkanes of at least 4 members (excludes halogenated alkanes) is 2. The number of hydrogen-bond donors (Lipinski definition) is 0. The van der Waals surface area contributed by atoms with Crippen molar-refractivity contribution in [2.24, 2.45) is 0 Å². The lowest BCUT2D eigenvalue weighted by Crippen LogP contribution is -1.84. The normalized spacial score (nSPS) is 10.6. The maximum atomic E-state index is 10.3. The molecule has 0 saturated carbocycles. The summed E-state index contributed by atoms with van der Waals surface area (Å²) in [4.78, 5) is 0. The zero-order valence-electron chi connectivity index (χ0n) is 6.04. The molecule has 1 atom stereocenters. The van der Waals surface area contributed by atoms with Crippen LogP contribution in [0.15, 0.2) is 0 Å². The Balaban J connectivity index is 3.06. The van der Waals surface area contributed by atoms with Crippen molar-refractivity contribution >= 4 is 8.03 Å². The lowest BCUT2D eigenvalue weighted by molar-refractivity contribution is 0.323. The van der Waals surface area contributed by atoms with Crippen LogP contribution in [0.2, 0.25) is 0 Å². The zero-order valence-corrected chi connectivity index (χ0v) is 6.93. The largest absolute Gasteiger partial charge is 0.631 e. The highest BCUT2D eigenvalue weighted by Gasteiger charge is 2.14. The van der Waals surface area contributed by atoms with E-state index in [0.29, 0.717) is 6.61 Å². The summed E-state index contributed by atoms with van der Waals surface area (Å²) < 4.78 is 15.0. The Labute approximate surface area is 61.9 Å². The monoisotopic (exact) mass is 160 g/mol. The molecular weight excluding hydrogens is 149 g/mol. The standard InChI is InChI=1S/C6H11NO2P/c1-2-3-4-5-9-10(8)6-7/h2-5H2,1H3/q+1. The second kappa shape index (κ2) is 6.67. The Bertz CT molecular complexity index is 141. The van der Waals surface area contributed by atoms with Crippen LogP contribution >= 0.6 is 8.03 Å². The smallest absolute Gasteiger partial charge is 0.136 e. The van der Waals surface area contributed by atoms with Crippen molar-refractivity contribution in [3.05, 3.63) is 0 Å². The van der Waals surface area contributed by atoms with Crippen LogP contribution in [0.1, 0.15) is 26.2 Å². The highest BCUT2D eigenvalue weighted by Crippen LogP contribution is 2.19. The van der Waals surface area contributed by atoms with Crippen molar-refractivity contribution in [3.8, 4) is 5.81 Å². The summed E-state index contributed by atoms with van der Waals surface area (Å²) in [7, 11) is -2.04. The summed E-state index contributed by atoms with van der Waals surface area (Å²) in [6, 6.07) is 0. The highest BCUT2D eigenvalue weighted by molar-refractivity contribution is 7.44. The van der Waals surface area contributed by atoms with E-state index in [9.17, 15) is 4.57 Å². The molecule has 0 amide bonds. The van der Waals surface area contributed by atoms with Crippen LogP contribution in [0.3, 0.4) is 0 Å². The summed E-state index contributed by atoms with van der Waals surface area (Å²) in [5, 5.41) is 8.03. The van der Waals surface area contributed by atoms with E-state index in [1.807, 2.05) is 0 Å². The van der Waals surface area contributed by atoms with Gasteiger partial charge in [-0.25, -0.2) is 0 Å². The third-order valence-corrected chi connectivity index (χ3v) is 1.62. The lowest BCUT2D eigenvalue weighted by atomic mass is 10.3. The van der Waals surface area contributed by atoms with Gasteiger partial charge < -0.3 is 0 Å². The van der Waals surface area contributed by atoms with Gasteiger partial charge in [-0.1, -0.05) is 19.8 Å². The molecule has 0 rings (SSSR count). The second-order valence-corrected chi connectivity index (χ2v) is 2.87. The van der Waals surface area contributed by atoms with E-state index in [-0.39, 0.29) is 0 Å². The van der Waals surface area contributed by atoms with Crippen LogP contribution in [0.25, 0.3) is 0 Å². The summed E-state index contributed by atoms with van der Waals surface area (Å²) in [5.41, 5.74) is 0. The van der Waals surface area contributed by atoms with Crippen molar-refractivity contribution in [1.82, 2.24) is 0 Å². The van der Waals surface area contributed by atoms with Crippen LogP contribution < -0.4 is 0 Å². The predicted octanol–water partition coefficient (Wildman–Crippen LogP) is 2.42. The molecule has 10 heavy (non-hydrogen) atoms. The average Bonchev–Trinajstić information content (AvgIpc) is 1.98. The third kappa shape index (κ3) is 5.68. The molecule has 4 heteroatoms. The zero-order chi connectivity index (χ0) is 7.82. The molecule has 0 bridgehead atoms. The van der Waals surface area contributed by atoms with E-state index in [1.54, 1.807) is 0 Å². The Morgan fingerprint density at radius 1 is 1.60 bits per heavy atom. The van der Waals surface area contributed by atoms with Gasteiger partial charge in [-0.2, -0.15) is 0 Å². The first-order chi connectivity index (χ1) is 4.81. The molecule has 0 aromatic carbocycles. The summed E-state index contributed by atoms with van der Waals surface area (Å²) in [6.07, 6.45) is 3.06. The molecule has 0 heterocycles. The second-order valence-electron chi connectivity index (χ2n) is 1.90. The van der Waals surface area contributed by atoms with Gasteiger partial charge in [-0.15, -0.1) is 9.79 Å². The Kier molecular flexibility index (Phi) is 6.37. The lowest BCUT2D eigenvalue weighted by Gasteiger charge is -1.88. The van der Waals surface area contributed by atoms with Gasteiger partial charge in [0, 0.05) is 0 Å². The Morgan fingerprint density at radius 2 is 2.30 bits per heavy atom. The van der Waals surface area contributed by atoms with Crippen molar-refractivity contribution < 1.29 is 9.09 Å². The first-order valence-corrected chi connectivity index (χ1v) is 4.49. The van der Waals surface area contributed by atoms with Crippen LogP contribution in [0.5, 0.6) is 0 Å². The molecule has 0 aliphatic rings. The highest BCUT2D eigenvalue weighted by atomic mass is 31.1. The molecule has 0 saturated heterocycles. The van der Waals surface area contributed by atoms with Crippen LogP contribution in [0, 0.1) is 11.1 Å². The molecule has 0 aromatic rings. The van der Waals surface area contributed by atoms with E-state index in [2.05, 4.69) is 11.4 Å². The van der Waals surface area contributed by atoms with E-state index < -0.39 is 8.03 Å². The van der Waals surface area contributed by atoms with Gasteiger partial charge in [0.15, 0.2) is 0 Å². The van der Waals surface area contributed by atoms with Gasteiger partial charge in [0.2, 0.25) is 0 Å². The molecular formula is C6H11NO2P+. The molecule has 0 aliphatic carbocycles. The number of nitriles is 1. The van der Waals surface area contributed by atoms with Gasteiger partial charge in [-0.05, 0) is 11.0 Å². The molecule has 56 valence electrons. The van der Waals surface area contributed by atoms with E-state index >= 15 is 0 Å². The summed E-state index contributed by atoms with van der Waals surface area (Å²) in [5.74, 6) is 1.53. The summed E-state index contributed by atoms with van der Waals surface area (Å²) in [6.45, 7) is 2.51. The fourth-order valence-electron chi connectivity index (χ4n) is 0.528. The fourth-order valence-corrected chi connectivity index (χ4v) is 0.881. The van der Waals surface area contributed by atoms with Gasteiger partial charge in [0.1, 0.15) is 6.61 Å². The average molecular weight is 160 g/mol. The summed E-state index contributed by atoms with van der Waals surface area (Å²) >= 11 is 0. The minimum absolute atomic E-state index is 0.441.